The first kappa shape index (κ1) is 26.2. The molecule has 168 valence electrons. The molecule has 0 heterocycles. The average Bonchev–Trinajstić information content (AvgIpc) is 2.73. The van der Waals surface area contributed by atoms with Crippen LogP contribution in [0.5, 0.6) is 5.75 Å². The van der Waals surface area contributed by atoms with Crippen molar-refractivity contribution in [3.8, 4) is 5.75 Å². The van der Waals surface area contributed by atoms with Gasteiger partial charge in [-0.1, -0.05) is 116 Å². The van der Waals surface area contributed by atoms with Crippen molar-refractivity contribution in [1.82, 2.24) is 0 Å². The van der Waals surface area contributed by atoms with Gasteiger partial charge in [0, 0.05) is 0 Å². The zero-order valence-corrected chi connectivity index (χ0v) is 20.0. The molecular weight excluding hydrogens is 379 g/mol. The van der Waals surface area contributed by atoms with Gasteiger partial charge in [0.2, 0.25) is 0 Å². The van der Waals surface area contributed by atoms with E-state index in [0.717, 1.165) is 25.7 Å². The zero-order chi connectivity index (χ0) is 21.0. The van der Waals surface area contributed by atoms with Gasteiger partial charge in [-0.15, -0.1) is 0 Å². The van der Waals surface area contributed by atoms with E-state index in [9.17, 15) is 4.57 Å². The Labute approximate surface area is 180 Å². The van der Waals surface area contributed by atoms with Crippen LogP contribution < -0.4 is 4.52 Å². The van der Waals surface area contributed by atoms with Crippen molar-refractivity contribution in [2.75, 3.05) is 12.8 Å². The number of benzene rings is 1. The van der Waals surface area contributed by atoms with Gasteiger partial charge in [0.15, 0.2) is 0 Å². The molecule has 3 nitrogen and oxygen atoms in total. The van der Waals surface area contributed by atoms with E-state index in [2.05, 4.69) is 13.8 Å². The molecule has 0 amide bonds. The average molecular weight is 425 g/mol. The first-order valence-corrected chi connectivity index (χ1v) is 13.9. The molecule has 1 aromatic carbocycles. The van der Waals surface area contributed by atoms with Crippen LogP contribution in [0.2, 0.25) is 0 Å². The Bertz CT molecular complexity index is 518. The van der Waals surface area contributed by atoms with E-state index in [1.807, 2.05) is 30.3 Å². The Kier molecular flexibility index (Phi) is 16.3. The van der Waals surface area contributed by atoms with E-state index in [4.69, 9.17) is 9.05 Å². The molecule has 29 heavy (non-hydrogen) atoms. The topological polar surface area (TPSA) is 35.5 Å². The fourth-order valence-electron chi connectivity index (χ4n) is 3.45. The monoisotopic (exact) mass is 424 g/mol. The molecule has 0 aliphatic carbocycles. The van der Waals surface area contributed by atoms with E-state index in [-0.39, 0.29) is 0 Å². The molecule has 0 aromatic heterocycles. The SMILES string of the molecule is CCCCCCCCCCCCCCCOP(=O)(CCCC)Oc1ccccc1. The number of rotatable bonds is 20. The van der Waals surface area contributed by atoms with Crippen LogP contribution in [-0.2, 0) is 9.09 Å². The van der Waals surface area contributed by atoms with Crippen LogP contribution >= 0.6 is 7.60 Å². The fourth-order valence-corrected chi connectivity index (χ4v) is 5.28. The van der Waals surface area contributed by atoms with Gasteiger partial charge in [-0.25, -0.2) is 4.57 Å². The molecule has 0 fully saturated rings. The Morgan fingerprint density at radius 3 is 1.66 bits per heavy atom. The maximum absolute atomic E-state index is 13.0. The summed E-state index contributed by atoms with van der Waals surface area (Å²) in [5.41, 5.74) is 0. The van der Waals surface area contributed by atoms with Gasteiger partial charge >= 0.3 is 7.60 Å². The van der Waals surface area contributed by atoms with Crippen molar-refractivity contribution in [2.24, 2.45) is 0 Å². The predicted molar refractivity (Wildman–Crippen MR) is 126 cm³/mol. The van der Waals surface area contributed by atoms with Gasteiger partial charge in [-0.2, -0.15) is 0 Å². The Morgan fingerprint density at radius 1 is 0.655 bits per heavy atom. The van der Waals surface area contributed by atoms with Crippen LogP contribution in [-0.4, -0.2) is 12.8 Å². The molecule has 0 saturated heterocycles. The lowest BCUT2D eigenvalue weighted by Gasteiger charge is -2.19. The second kappa shape index (κ2) is 18.0. The van der Waals surface area contributed by atoms with Crippen molar-refractivity contribution in [2.45, 2.75) is 110 Å². The maximum atomic E-state index is 13.0. The summed E-state index contributed by atoms with van der Waals surface area (Å²) in [5.74, 6) is 0.636. The summed E-state index contributed by atoms with van der Waals surface area (Å²) < 4.78 is 24.5. The lowest BCUT2D eigenvalue weighted by molar-refractivity contribution is 0.257. The van der Waals surface area contributed by atoms with Crippen molar-refractivity contribution in [1.29, 1.82) is 0 Å². The third-order valence-electron chi connectivity index (χ3n) is 5.31. The molecule has 0 saturated carbocycles. The van der Waals surface area contributed by atoms with Gasteiger partial charge in [-0.05, 0) is 25.0 Å². The van der Waals surface area contributed by atoms with E-state index in [1.165, 1.54) is 70.6 Å². The maximum Gasteiger partial charge on any atom is 0.379 e. The molecule has 1 atom stereocenters. The molecule has 1 unspecified atom stereocenters. The number of para-hydroxylation sites is 1. The summed E-state index contributed by atoms with van der Waals surface area (Å²) in [6, 6.07) is 9.40. The number of unbranched alkanes of at least 4 members (excludes halogenated alkanes) is 13. The van der Waals surface area contributed by atoms with Gasteiger partial charge in [-0.3, -0.25) is 4.52 Å². The minimum atomic E-state index is -3.04. The highest BCUT2D eigenvalue weighted by atomic mass is 31.2. The zero-order valence-electron chi connectivity index (χ0n) is 19.1. The lowest BCUT2D eigenvalue weighted by atomic mass is 10.0. The highest BCUT2D eigenvalue weighted by Crippen LogP contribution is 2.49. The lowest BCUT2D eigenvalue weighted by Crippen LogP contribution is -2.04. The van der Waals surface area contributed by atoms with Crippen LogP contribution in [0.15, 0.2) is 30.3 Å². The quantitative estimate of drug-likeness (QED) is 0.155. The number of hydrogen-bond acceptors (Lipinski definition) is 3. The minimum Gasteiger partial charge on any atom is -0.424 e. The minimum absolute atomic E-state index is 0.497. The number of hydrogen-bond donors (Lipinski definition) is 0. The molecule has 4 heteroatoms. The second-order valence-corrected chi connectivity index (χ2v) is 10.3. The Morgan fingerprint density at radius 2 is 1.14 bits per heavy atom. The van der Waals surface area contributed by atoms with E-state index in [1.54, 1.807) is 0 Å². The summed E-state index contributed by atoms with van der Waals surface area (Å²) >= 11 is 0. The third-order valence-corrected chi connectivity index (χ3v) is 7.24. The normalized spacial score (nSPS) is 13.3. The highest BCUT2D eigenvalue weighted by Gasteiger charge is 2.25. The molecule has 0 bridgehead atoms. The van der Waals surface area contributed by atoms with Gasteiger partial charge in [0.1, 0.15) is 5.75 Å². The standard InChI is InChI=1S/C25H45O3P/c1-3-5-7-8-9-10-11-12-13-14-15-16-20-23-27-29(26,24-6-4-2)28-25-21-18-17-19-22-25/h17-19,21-22H,3-16,20,23-24H2,1-2H3. The van der Waals surface area contributed by atoms with Crippen LogP contribution in [0.25, 0.3) is 0 Å². The Balaban J connectivity index is 2.05. The van der Waals surface area contributed by atoms with Crippen LogP contribution in [0, 0.1) is 0 Å². The van der Waals surface area contributed by atoms with Gasteiger partial charge < -0.3 is 4.52 Å². The van der Waals surface area contributed by atoms with Crippen molar-refractivity contribution in [3.63, 3.8) is 0 Å². The molecular formula is C25H45O3P. The first-order chi connectivity index (χ1) is 14.2. The van der Waals surface area contributed by atoms with E-state index < -0.39 is 7.60 Å². The summed E-state index contributed by atoms with van der Waals surface area (Å²) in [4.78, 5) is 0. The van der Waals surface area contributed by atoms with Crippen molar-refractivity contribution < 1.29 is 13.6 Å². The highest BCUT2D eigenvalue weighted by molar-refractivity contribution is 7.54. The third kappa shape index (κ3) is 14.8. The van der Waals surface area contributed by atoms with Crippen LogP contribution in [0.3, 0.4) is 0 Å². The van der Waals surface area contributed by atoms with Gasteiger partial charge in [0.05, 0.1) is 12.8 Å². The Hall–Kier alpha value is -0.790. The smallest absolute Gasteiger partial charge is 0.379 e. The second-order valence-electron chi connectivity index (χ2n) is 8.17. The van der Waals surface area contributed by atoms with E-state index in [0.29, 0.717) is 18.5 Å². The van der Waals surface area contributed by atoms with Crippen molar-refractivity contribution in [3.05, 3.63) is 30.3 Å². The van der Waals surface area contributed by atoms with Gasteiger partial charge in [0.25, 0.3) is 0 Å². The summed E-state index contributed by atoms with van der Waals surface area (Å²) in [7, 11) is -3.04. The molecule has 1 rings (SSSR count). The molecule has 0 radical (unpaired) electrons. The molecule has 1 aromatic rings. The summed E-state index contributed by atoms with van der Waals surface area (Å²) in [6.45, 7) is 4.90. The fraction of sp³-hybridized carbons (Fsp3) is 0.760. The summed E-state index contributed by atoms with van der Waals surface area (Å²) in [5, 5.41) is 0. The molecule has 0 N–H and O–H groups in total. The first-order valence-electron chi connectivity index (χ1n) is 12.2. The van der Waals surface area contributed by atoms with Crippen molar-refractivity contribution >= 4 is 7.60 Å². The summed E-state index contributed by atoms with van der Waals surface area (Å²) in [6.07, 6.45) is 19.5. The molecule has 0 aliphatic heterocycles. The van der Waals surface area contributed by atoms with Crippen LogP contribution in [0.1, 0.15) is 110 Å². The largest absolute Gasteiger partial charge is 0.424 e. The van der Waals surface area contributed by atoms with E-state index >= 15 is 0 Å². The molecule has 0 aliphatic rings. The van der Waals surface area contributed by atoms with Crippen LogP contribution in [0.4, 0.5) is 0 Å². The predicted octanol–water partition coefficient (Wildman–Crippen LogP) is 9.17. The molecule has 0 spiro atoms.